The topological polar surface area (TPSA) is 85.3 Å². The molecule has 0 saturated heterocycles. The van der Waals surface area contributed by atoms with E-state index in [1.807, 2.05) is 0 Å². The van der Waals surface area contributed by atoms with Gasteiger partial charge in [-0.05, 0) is 40.8 Å². The van der Waals surface area contributed by atoms with Crippen molar-refractivity contribution in [1.82, 2.24) is 4.72 Å². The Morgan fingerprint density at radius 2 is 2.16 bits per heavy atom. The molecule has 1 rings (SSSR count). The minimum absolute atomic E-state index is 0.108. The van der Waals surface area contributed by atoms with E-state index in [1.54, 1.807) is 11.8 Å². The number of nitrogens with two attached hydrogens (primary N) is 1. The molecule has 1 aromatic heterocycles. The monoisotopic (exact) mass is 370 g/mol. The average molecular weight is 371 g/mol. The molecule has 5 nitrogen and oxygen atoms in total. The number of rotatable bonds is 9. The Balaban J connectivity index is 2.49. The number of sulfonamides is 1. The van der Waals surface area contributed by atoms with Gasteiger partial charge in [-0.1, -0.05) is 6.42 Å². The second-order valence-corrected chi connectivity index (χ2v) is 7.45. The molecule has 3 N–H and O–H groups in total. The molecule has 19 heavy (non-hydrogen) atoms. The summed E-state index contributed by atoms with van der Waals surface area (Å²) in [5.74, 6) is 1.55. The van der Waals surface area contributed by atoms with Crippen molar-refractivity contribution in [2.45, 2.75) is 30.7 Å². The molecule has 0 atom stereocenters. The largest absolute Gasteiger partial charge is 0.452 e. The van der Waals surface area contributed by atoms with Gasteiger partial charge in [-0.25, -0.2) is 13.1 Å². The highest BCUT2D eigenvalue weighted by Gasteiger charge is 2.21. The van der Waals surface area contributed by atoms with Crippen LogP contribution in [0.4, 0.5) is 0 Å². The minimum Gasteiger partial charge on any atom is -0.452 e. The van der Waals surface area contributed by atoms with Gasteiger partial charge >= 0.3 is 0 Å². The maximum atomic E-state index is 12.0. The fourth-order valence-corrected chi connectivity index (χ4v) is 4.08. The number of thioether (sulfide) groups is 1. The lowest BCUT2D eigenvalue weighted by molar-refractivity contribution is 0.483. The van der Waals surface area contributed by atoms with Crippen LogP contribution in [0.15, 0.2) is 20.0 Å². The molecule has 0 aliphatic heterocycles. The zero-order valence-corrected chi connectivity index (χ0v) is 14.0. The Morgan fingerprint density at radius 3 is 2.74 bits per heavy atom. The molecular weight excluding hydrogens is 352 g/mol. The summed E-state index contributed by atoms with van der Waals surface area (Å²) in [7, 11) is -3.52. The van der Waals surface area contributed by atoms with Gasteiger partial charge in [0.05, 0.1) is 6.54 Å². The second-order valence-electron chi connectivity index (χ2n) is 4.01. The third kappa shape index (κ3) is 5.47. The maximum Gasteiger partial charge on any atom is 0.244 e. The molecule has 0 spiro atoms. The number of furan rings is 1. The van der Waals surface area contributed by atoms with Crippen molar-refractivity contribution < 1.29 is 12.8 Å². The van der Waals surface area contributed by atoms with Crippen molar-refractivity contribution in [1.29, 1.82) is 0 Å². The van der Waals surface area contributed by atoms with Crippen LogP contribution in [0.2, 0.25) is 0 Å². The van der Waals surface area contributed by atoms with Crippen molar-refractivity contribution >= 4 is 37.7 Å². The fourth-order valence-electron chi connectivity index (χ4n) is 1.51. The van der Waals surface area contributed by atoms with Crippen LogP contribution in [-0.4, -0.2) is 27.0 Å². The van der Waals surface area contributed by atoms with Crippen molar-refractivity contribution in [3.8, 4) is 0 Å². The molecule has 0 amide bonds. The molecule has 0 aliphatic carbocycles. The molecule has 0 saturated carbocycles. The van der Waals surface area contributed by atoms with Gasteiger partial charge in [-0.3, -0.25) is 0 Å². The number of hydrogen-bond acceptors (Lipinski definition) is 5. The van der Waals surface area contributed by atoms with E-state index in [2.05, 4.69) is 26.9 Å². The first-order valence-electron chi connectivity index (χ1n) is 5.98. The summed E-state index contributed by atoms with van der Waals surface area (Å²) in [6.07, 6.45) is 5.02. The van der Waals surface area contributed by atoms with Gasteiger partial charge in [-0.2, -0.15) is 11.8 Å². The van der Waals surface area contributed by atoms with Gasteiger partial charge < -0.3 is 10.2 Å². The molecule has 8 heteroatoms. The predicted octanol–water partition coefficient (Wildman–Crippen LogP) is 2.31. The average Bonchev–Trinajstić information content (AvgIpc) is 2.76. The third-order valence-corrected chi connectivity index (χ3v) is 5.53. The van der Waals surface area contributed by atoms with E-state index in [4.69, 9.17) is 10.2 Å². The highest BCUT2D eigenvalue weighted by atomic mass is 79.9. The van der Waals surface area contributed by atoms with Gasteiger partial charge in [0.15, 0.2) is 4.67 Å². The standard InChI is InChI=1S/C11H19BrN2O3S2/c1-18-6-4-2-3-5-14-19(15,16)10-7-9(8-13)17-11(10)12/h7,14H,2-6,8,13H2,1H3. The Bertz CT molecular complexity index is 488. The number of nitrogens with one attached hydrogen (secondary N) is 1. The van der Waals surface area contributed by atoms with Crippen LogP contribution in [0.3, 0.4) is 0 Å². The van der Waals surface area contributed by atoms with Crippen LogP contribution in [-0.2, 0) is 16.6 Å². The van der Waals surface area contributed by atoms with Crippen LogP contribution in [0.1, 0.15) is 25.0 Å². The van der Waals surface area contributed by atoms with Gasteiger partial charge in [0.25, 0.3) is 0 Å². The summed E-state index contributed by atoms with van der Waals surface area (Å²) < 4.78 is 32.0. The first kappa shape index (κ1) is 17.0. The molecule has 0 aliphatic rings. The van der Waals surface area contributed by atoms with E-state index in [0.717, 1.165) is 25.0 Å². The Morgan fingerprint density at radius 1 is 1.42 bits per heavy atom. The van der Waals surface area contributed by atoms with Crippen molar-refractivity contribution in [3.05, 3.63) is 16.5 Å². The molecule has 0 aromatic carbocycles. The van der Waals surface area contributed by atoms with Crippen LogP contribution in [0.25, 0.3) is 0 Å². The smallest absolute Gasteiger partial charge is 0.244 e. The highest BCUT2D eigenvalue weighted by molar-refractivity contribution is 9.10. The summed E-state index contributed by atoms with van der Waals surface area (Å²) in [5, 5.41) is 0. The minimum atomic E-state index is -3.52. The number of unbranched alkanes of at least 4 members (excludes halogenated alkanes) is 2. The zero-order chi connectivity index (χ0) is 14.3. The Kier molecular flexibility index (Phi) is 7.45. The molecular formula is C11H19BrN2O3S2. The highest BCUT2D eigenvalue weighted by Crippen LogP contribution is 2.25. The maximum absolute atomic E-state index is 12.0. The van der Waals surface area contributed by atoms with E-state index in [-0.39, 0.29) is 16.1 Å². The number of hydrogen-bond donors (Lipinski definition) is 2. The van der Waals surface area contributed by atoms with Crippen LogP contribution in [0.5, 0.6) is 0 Å². The summed E-state index contributed by atoms with van der Waals surface area (Å²) in [6, 6.07) is 1.44. The molecule has 110 valence electrons. The van der Waals surface area contributed by atoms with E-state index in [0.29, 0.717) is 12.3 Å². The van der Waals surface area contributed by atoms with Crippen molar-refractivity contribution in [2.24, 2.45) is 5.73 Å². The van der Waals surface area contributed by atoms with E-state index in [9.17, 15) is 8.42 Å². The van der Waals surface area contributed by atoms with Gasteiger partial charge in [0, 0.05) is 12.6 Å². The predicted molar refractivity (Wildman–Crippen MR) is 81.7 cm³/mol. The lowest BCUT2D eigenvalue weighted by Gasteiger charge is -2.04. The van der Waals surface area contributed by atoms with E-state index < -0.39 is 10.0 Å². The Hall–Kier alpha value is -0.0200. The van der Waals surface area contributed by atoms with Crippen LogP contribution >= 0.6 is 27.7 Å². The molecule has 1 aromatic rings. The first-order chi connectivity index (χ1) is 9.01. The normalized spacial score (nSPS) is 11.9. The number of halogens is 1. The summed E-state index contributed by atoms with van der Waals surface area (Å²) in [4.78, 5) is 0.108. The molecule has 0 bridgehead atoms. The van der Waals surface area contributed by atoms with Gasteiger partial charge in [0.2, 0.25) is 10.0 Å². The SMILES string of the molecule is CSCCCCCNS(=O)(=O)c1cc(CN)oc1Br. The van der Waals surface area contributed by atoms with E-state index in [1.165, 1.54) is 6.07 Å². The van der Waals surface area contributed by atoms with Crippen molar-refractivity contribution in [3.63, 3.8) is 0 Å². The first-order valence-corrected chi connectivity index (χ1v) is 9.65. The zero-order valence-electron chi connectivity index (χ0n) is 10.8. The van der Waals surface area contributed by atoms with Crippen LogP contribution in [0, 0.1) is 0 Å². The summed E-state index contributed by atoms with van der Waals surface area (Å²) in [5.41, 5.74) is 5.41. The summed E-state index contributed by atoms with van der Waals surface area (Å²) >= 11 is 4.89. The van der Waals surface area contributed by atoms with Gasteiger partial charge in [0.1, 0.15) is 10.7 Å². The fraction of sp³-hybridized carbons (Fsp3) is 0.636. The van der Waals surface area contributed by atoms with E-state index >= 15 is 0 Å². The third-order valence-electron chi connectivity index (χ3n) is 2.51. The second kappa shape index (κ2) is 8.31. The lowest BCUT2D eigenvalue weighted by atomic mass is 10.2. The Labute approximate surface area is 126 Å². The summed E-state index contributed by atoms with van der Waals surface area (Å²) in [6.45, 7) is 0.606. The quantitative estimate of drug-likeness (QED) is 0.651. The molecule has 0 fully saturated rings. The van der Waals surface area contributed by atoms with Gasteiger partial charge in [-0.15, -0.1) is 0 Å². The molecule has 0 unspecified atom stereocenters. The lowest BCUT2D eigenvalue weighted by Crippen LogP contribution is -2.24. The molecule has 1 heterocycles. The van der Waals surface area contributed by atoms with Crippen molar-refractivity contribution in [2.75, 3.05) is 18.6 Å². The van der Waals surface area contributed by atoms with Crippen LogP contribution < -0.4 is 10.5 Å². The molecule has 0 radical (unpaired) electrons.